The highest BCUT2D eigenvalue weighted by molar-refractivity contribution is 7.98. The Balaban J connectivity index is 2.28. The summed E-state index contributed by atoms with van der Waals surface area (Å²) in [5.74, 6) is 0.355. The Morgan fingerprint density at radius 1 is 1.25 bits per heavy atom. The Labute approximate surface area is 127 Å². The van der Waals surface area contributed by atoms with E-state index in [1.807, 2.05) is 24.5 Å². The number of para-hydroxylation sites is 2. The number of carbonyl (C=O) groups is 1. The predicted octanol–water partition coefficient (Wildman–Crippen LogP) is 4.32. The number of hydrogen-bond acceptors (Lipinski definition) is 3. The van der Waals surface area contributed by atoms with Crippen LogP contribution in [0.2, 0.25) is 5.02 Å². The van der Waals surface area contributed by atoms with Crippen LogP contribution in [0.1, 0.15) is 10.4 Å². The zero-order valence-electron chi connectivity index (χ0n) is 11.1. The van der Waals surface area contributed by atoms with E-state index in [4.69, 9.17) is 16.3 Å². The maximum atomic E-state index is 12.3. The number of amides is 1. The van der Waals surface area contributed by atoms with E-state index in [0.29, 0.717) is 22.0 Å². The zero-order chi connectivity index (χ0) is 14.5. The van der Waals surface area contributed by atoms with Crippen molar-refractivity contribution >= 4 is 35.0 Å². The van der Waals surface area contributed by atoms with E-state index in [1.165, 1.54) is 0 Å². The Hall–Kier alpha value is -1.65. The van der Waals surface area contributed by atoms with Crippen molar-refractivity contribution in [3.63, 3.8) is 0 Å². The van der Waals surface area contributed by atoms with Gasteiger partial charge in [-0.25, -0.2) is 0 Å². The zero-order valence-corrected chi connectivity index (χ0v) is 12.7. The molecule has 0 bridgehead atoms. The molecule has 3 nitrogen and oxygen atoms in total. The molecule has 0 unspecified atom stereocenters. The Morgan fingerprint density at radius 2 is 2.00 bits per heavy atom. The van der Waals surface area contributed by atoms with Gasteiger partial charge in [0.25, 0.3) is 5.91 Å². The van der Waals surface area contributed by atoms with Crippen LogP contribution < -0.4 is 10.1 Å². The lowest BCUT2D eigenvalue weighted by atomic mass is 10.2. The van der Waals surface area contributed by atoms with Gasteiger partial charge in [-0.3, -0.25) is 4.79 Å². The molecular formula is C15H14ClNO2S. The molecule has 0 aliphatic heterocycles. The molecule has 0 radical (unpaired) electrons. The quantitative estimate of drug-likeness (QED) is 0.855. The molecule has 0 aliphatic carbocycles. The van der Waals surface area contributed by atoms with Crippen LogP contribution in [0.15, 0.2) is 47.4 Å². The molecular weight excluding hydrogens is 294 g/mol. The summed E-state index contributed by atoms with van der Waals surface area (Å²) in [6, 6.07) is 12.6. The predicted molar refractivity (Wildman–Crippen MR) is 84.2 cm³/mol. The maximum Gasteiger partial charge on any atom is 0.257 e. The first-order valence-electron chi connectivity index (χ1n) is 5.93. The smallest absolute Gasteiger partial charge is 0.257 e. The second-order valence-corrected chi connectivity index (χ2v) is 5.29. The van der Waals surface area contributed by atoms with Gasteiger partial charge < -0.3 is 10.1 Å². The van der Waals surface area contributed by atoms with E-state index in [-0.39, 0.29) is 5.91 Å². The van der Waals surface area contributed by atoms with Gasteiger partial charge in [0.05, 0.1) is 23.4 Å². The standard InChI is InChI=1S/C15H14ClNO2S/c1-19-14-6-4-3-5-13(14)17-15(18)11-9-10(20-2)7-8-12(11)16/h3-9H,1-2H3,(H,17,18). The number of rotatable bonds is 4. The molecule has 20 heavy (non-hydrogen) atoms. The lowest BCUT2D eigenvalue weighted by molar-refractivity contribution is 0.102. The normalized spacial score (nSPS) is 10.2. The summed E-state index contributed by atoms with van der Waals surface area (Å²) in [4.78, 5) is 13.3. The topological polar surface area (TPSA) is 38.3 Å². The van der Waals surface area contributed by atoms with Gasteiger partial charge in [-0.15, -0.1) is 11.8 Å². The fourth-order valence-electron chi connectivity index (χ4n) is 1.74. The number of halogens is 1. The molecule has 0 atom stereocenters. The van der Waals surface area contributed by atoms with Gasteiger partial charge >= 0.3 is 0 Å². The van der Waals surface area contributed by atoms with Crippen LogP contribution in [0.25, 0.3) is 0 Å². The van der Waals surface area contributed by atoms with Gasteiger partial charge in [0, 0.05) is 4.90 Å². The minimum Gasteiger partial charge on any atom is -0.495 e. The molecule has 2 rings (SSSR count). The highest BCUT2D eigenvalue weighted by Crippen LogP contribution is 2.27. The summed E-state index contributed by atoms with van der Waals surface area (Å²) in [7, 11) is 1.56. The molecule has 0 aliphatic rings. The van der Waals surface area contributed by atoms with Crippen LogP contribution in [0, 0.1) is 0 Å². The van der Waals surface area contributed by atoms with Gasteiger partial charge in [0.2, 0.25) is 0 Å². The van der Waals surface area contributed by atoms with Crippen LogP contribution in [0.5, 0.6) is 5.75 Å². The van der Waals surface area contributed by atoms with Gasteiger partial charge in [0.15, 0.2) is 0 Å². The van der Waals surface area contributed by atoms with Crippen molar-refractivity contribution < 1.29 is 9.53 Å². The van der Waals surface area contributed by atoms with Crippen molar-refractivity contribution in [2.45, 2.75) is 4.90 Å². The number of benzene rings is 2. The Kier molecular flexibility index (Phi) is 4.93. The lowest BCUT2D eigenvalue weighted by Crippen LogP contribution is -2.13. The molecule has 0 saturated carbocycles. The highest BCUT2D eigenvalue weighted by Gasteiger charge is 2.13. The number of hydrogen-bond donors (Lipinski definition) is 1. The van der Waals surface area contributed by atoms with Crippen LogP contribution in [0.3, 0.4) is 0 Å². The van der Waals surface area contributed by atoms with E-state index in [0.717, 1.165) is 4.90 Å². The van der Waals surface area contributed by atoms with Crippen molar-refractivity contribution in [2.24, 2.45) is 0 Å². The molecule has 0 spiro atoms. The highest BCUT2D eigenvalue weighted by atomic mass is 35.5. The molecule has 0 heterocycles. The summed E-state index contributed by atoms with van der Waals surface area (Å²) in [5.41, 5.74) is 1.06. The van der Waals surface area contributed by atoms with E-state index >= 15 is 0 Å². The van der Waals surface area contributed by atoms with Gasteiger partial charge in [-0.05, 0) is 36.6 Å². The number of thioether (sulfide) groups is 1. The minimum atomic E-state index is -0.254. The summed E-state index contributed by atoms with van der Waals surface area (Å²) >= 11 is 7.65. The lowest BCUT2D eigenvalue weighted by Gasteiger charge is -2.11. The van der Waals surface area contributed by atoms with Crippen LogP contribution in [0.4, 0.5) is 5.69 Å². The largest absolute Gasteiger partial charge is 0.495 e. The molecule has 0 aromatic heterocycles. The number of carbonyl (C=O) groups excluding carboxylic acids is 1. The summed E-state index contributed by atoms with van der Waals surface area (Å²) < 4.78 is 5.21. The van der Waals surface area contributed by atoms with E-state index in [9.17, 15) is 4.79 Å². The third-order valence-electron chi connectivity index (χ3n) is 2.77. The second kappa shape index (κ2) is 6.68. The summed E-state index contributed by atoms with van der Waals surface area (Å²) in [6.45, 7) is 0. The summed E-state index contributed by atoms with van der Waals surface area (Å²) in [6.07, 6.45) is 1.95. The van der Waals surface area contributed by atoms with E-state index < -0.39 is 0 Å². The first-order chi connectivity index (χ1) is 9.65. The summed E-state index contributed by atoms with van der Waals surface area (Å²) in [5, 5.41) is 3.24. The number of ether oxygens (including phenoxy) is 1. The van der Waals surface area contributed by atoms with Crippen molar-refractivity contribution in [1.82, 2.24) is 0 Å². The van der Waals surface area contributed by atoms with Crippen LogP contribution in [-0.4, -0.2) is 19.3 Å². The third kappa shape index (κ3) is 3.26. The molecule has 104 valence electrons. The third-order valence-corrected chi connectivity index (χ3v) is 3.83. The average Bonchev–Trinajstić information content (AvgIpc) is 2.48. The van der Waals surface area contributed by atoms with Gasteiger partial charge in [0.1, 0.15) is 5.75 Å². The number of anilines is 1. The SMILES string of the molecule is COc1ccccc1NC(=O)c1cc(SC)ccc1Cl. The first-order valence-corrected chi connectivity index (χ1v) is 7.54. The Bertz CT molecular complexity index is 631. The van der Waals surface area contributed by atoms with Gasteiger partial charge in [-0.2, -0.15) is 0 Å². The Morgan fingerprint density at radius 3 is 2.70 bits per heavy atom. The molecule has 0 fully saturated rings. The first kappa shape index (κ1) is 14.8. The van der Waals surface area contributed by atoms with Crippen molar-refractivity contribution in [3.8, 4) is 5.75 Å². The fraction of sp³-hybridized carbons (Fsp3) is 0.133. The monoisotopic (exact) mass is 307 g/mol. The average molecular weight is 308 g/mol. The number of methoxy groups -OCH3 is 1. The molecule has 2 aromatic carbocycles. The number of nitrogens with one attached hydrogen (secondary N) is 1. The minimum absolute atomic E-state index is 0.254. The molecule has 0 saturated heterocycles. The molecule has 2 aromatic rings. The van der Waals surface area contributed by atoms with Gasteiger partial charge in [-0.1, -0.05) is 23.7 Å². The second-order valence-electron chi connectivity index (χ2n) is 4.00. The van der Waals surface area contributed by atoms with Crippen molar-refractivity contribution in [2.75, 3.05) is 18.7 Å². The maximum absolute atomic E-state index is 12.3. The van der Waals surface area contributed by atoms with E-state index in [2.05, 4.69) is 5.32 Å². The van der Waals surface area contributed by atoms with E-state index in [1.54, 1.807) is 43.1 Å². The fourth-order valence-corrected chi connectivity index (χ4v) is 2.39. The van der Waals surface area contributed by atoms with Crippen molar-refractivity contribution in [1.29, 1.82) is 0 Å². The van der Waals surface area contributed by atoms with Crippen molar-refractivity contribution in [3.05, 3.63) is 53.1 Å². The molecule has 1 amide bonds. The molecule has 5 heteroatoms. The van der Waals surface area contributed by atoms with Crippen LogP contribution in [-0.2, 0) is 0 Å². The molecule has 1 N–H and O–H groups in total. The van der Waals surface area contributed by atoms with Crippen LogP contribution >= 0.6 is 23.4 Å².